The maximum atomic E-state index is 14.3. The fourth-order valence-corrected chi connectivity index (χ4v) is 3.98. The largest absolute Gasteiger partial charge is 0.291 e. The summed E-state index contributed by atoms with van der Waals surface area (Å²) in [5.41, 5.74) is 2.27. The molecule has 0 amide bonds. The molecule has 0 bridgehead atoms. The number of para-hydroxylation sites is 1. The number of benzene rings is 1. The van der Waals surface area contributed by atoms with Crippen LogP contribution in [0.5, 0.6) is 0 Å². The molecule has 0 aliphatic carbocycles. The summed E-state index contributed by atoms with van der Waals surface area (Å²) in [7, 11) is 0. The van der Waals surface area contributed by atoms with Gasteiger partial charge in [0, 0.05) is 24.3 Å². The highest BCUT2D eigenvalue weighted by molar-refractivity contribution is 5.37. The highest BCUT2D eigenvalue weighted by atomic mass is 19.3. The number of fused-ring (bicyclic) bond motifs is 1. The van der Waals surface area contributed by atoms with Gasteiger partial charge in [0.05, 0.1) is 12.7 Å². The molecule has 0 radical (unpaired) electrons. The van der Waals surface area contributed by atoms with Gasteiger partial charge in [0.1, 0.15) is 30.2 Å². The Morgan fingerprint density at radius 3 is 2.72 bits per heavy atom. The van der Waals surface area contributed by atoms with Crippen LogP contribution in [0.2, 0.25) is 0 Å². The molecule has 3 aromatic rings. The number of aromatic nitrogens is 5. The van der Waals surface area contributed by atoms with Crippen LogP contribution >= 0.6 is 0 Å². The summed E-state index contributed by atoms with van der Waals surface area (Å²) in [5, 5.41) is 8.36. The molecule has 0 atom stereocenters. The summed E-state index contributed by atoms with van der Waals surface area (Å²) in [5.74, 6) is 0.184. The number of nitrogens with zero attached hydrogens (tertiary/aromatic N) is 6. The molecule has 0 saturated carbocycles. The molecule has 154 valence electrons. The quantitative estimate of drug-likeness (QED) is 0.654. The zero-order valence-corrected chi connectivity index (χ0v) is 16.4. The molecule has 1 aliphatic rings. The van der Waals surface area contributed by atoms with E-state index in [0.717, 1.165) is 24.2 Å². The van der Waals surface area contributed by atoms with Crippen molar-refractivity contribution in [3.8, 4) is 5.69 Å². The van der Waals surface area contributed by atoms with Crippen LogP contribution in [0.15, 0.2) is 36.8 Å². The van der Waals surface area contributed by atoms with Crippen LogP contribution in [0, 0.1) is 11.2 Å². The SMILES string of the molecule is CC1(C)Cc2c(cnn2-c2ccccc2F)CN(Cc2ncnn2CC(F)F)C1. The molecule has 6 nitrogen and oxygen atoms in total. The third-order valence-corrected chi connectivity index (χ3v) is 5.10. The van der Waals surface area contributed by atoms with E-state index in [2.05, 4.69) is 33.9 Å². The van der Waals surface area contributed by atoms with Crippen LogP contribution in [0.1, 0.15) is 30.9 Å². The lowest BCUT2D eigenvalue weighted by Gasteiger charge is -2.29. The zero-order valence-electron chi connectivity index (χ0n) is 16.4. The van der Waals surface area contributed by atoms with Crippen LogP contribution in [-0.2, 0) is 26.1 Å². The summed E-state index contributed by atoms with van der Waals surface area (Å²) in [6.45, 7) is 5.52. The lowest BCUT2D eigenvalue weighted by molar-refractivity contribution is 0.116. The predicted molar refractivity (Wildman–Crippen MR) is 101 cm³/mol. The van der Waals surface area contributed by atoms with E-state index < -0.39 is 13.0 Å². The second-order valence-electron chi connectivity index (χ2n) is 8.22. The topological polar surface area (TPSA) is 51.8 Å². The third-order valence-electron chi connectivity index (χ3n) is 5.10. The molecule has 1 aliphatic heterocycles. The Morgan fingerprint density at radius 1 is 1.17 bits per heavy atom. The molecule has 1 aromatic carbocycles. The second kappa shape index (κ2) is 7.62. The Hall–Kier alpha value is -2.68. The molecule has 0 spiro atoms. The molecule has 3 heterocycles. The Bertz CT molecular complexity index is 994. The maximum Gasteiger partial charge on any atom is 0.257 e. The summed E-state index contributed by atoms with van der Waals surface area (Å²) in [4.78, 5) is 6.33. The minimum absolute atomic E-state index is 0.123. The van der Waals surface area contributed by atoms with E-state index in [1.807, 2.05) is 0 Å². The number of halogens is 3. The Morgan fingerprint density at radius 2 is 1.97 bits per heavy atom. The Kier molecular flexibility index (Phi) is 5.16. The zero-order chi connectivity index (χ0) is 20.6. The minimum Gasteiger partial charge on any atom is -0.291 e. The molecular weight excluding hydrogens is 381 g/mol. The number of hydrogen-bond acceptors (Lipinski definition) is 4. The molecular formula is C20H23F3N6. The molecule has 29 heavy (non-hydrogen) atoms. The highest BCUT2D eigenvalue weighted by Crippen LogP contribution is 2.32. The van der Waals surface area contributed by atoms with Crippen molar-refractivity contribution in [2.75, 3.05) is 6.54 Å². The van der Waals surface area contributed by atoms with E-state index in [1.54, 1.807) is 29.1 Å². The van der Waals surface area contributed by atoms with Gasteiger partial charge in [-0.1, -0.05) is 26.0 Å². The number of alkyl halides is 2. The normalized spacial score (nSPS) is 16.8. The van der Waals surface area contributed by atoms with Crippen LogP contribution in [0.4, 0.5) is 13.2 Å². The van der Waals surface area contributed by atoms with Crippen molar-refractivity contribution in [1.82, 2.24) is 29.4 Å². The van der Waals surface area contributed by atoms with Gasteiger partial charge in [-0.25, -0.2) is 27.5 Å². The Labute approximate surface area is 167 Å². The van der Waals surface area contributed by atoms with Crippen molar-refractivity contribution in [2.24, 2.45) is 5.41 Å². The van der Waals surface area contributed by atoms with Crippen LogP contribution in [-0.4, -0.2) is 42.4 Å². The van der Waals surface area contributed by atoms with Gasteiger partial charge in [-0.3, -0.25) is 4.90 Å². The standard InChI is InChI=1S/C20H23F3N6/c1-20(2)7-17-14(8-25-29(17)16-6-4-3-5-15(16)21)9-27(12-20)11-19-24-13-26-28(19)10-18(22)23/h3-6,8,13,18H,7,9-12H2,1-2H3. The first-order valence-corrected chi connectivity index (χ1v) is 9.50. The molecule has 0 saturated heterocycles. The van der Waals surface area contributed by atoms with Gasteiger partial charge < -0.3 is 0 Å². The third kappa shape index (κ3) is 4.19. The van der Waals surface area contributed by atoms with Gasteiger partial charge in [-0.15, -0.1) is 0 Å². The highest BCUT2D eigenvalue weighted by Gasteiger charge is 2.31. The van der Waals surface area contributed by atoms with Crippen molar-refractivity contribution in [3.05, 3.63) is 59.7 Å². The second-order valence-corrected chi connectivity index (χ2v) is 8.22. The van der Waals surface area contributed by atoms with Crippen molar-refractivity contribution in [2.45, 2.75) is 46.3 Å². The van der Waals surface area contributed by atoms with E-state index >= 15 is 0 Å². The molecule has 0 N–H and O–H groups in total. The van der Waals surface area contributed by atoms with E-state index in [4.69, 9.17) is 0 Å². The number of rotatable bonds is 5. The van der Waals surface area contributed by atoms with Gasteiger partial charge in [-0.05, 0) is 24.0 Å². The average molecular weight is 404 g/mol. The van der Waals surface area contributed by atoms with Gasteiger partial charge in [-0.2, -0.15) is 10.2 Å². The van der Waals surface area contributed by atoms with Gasteiger partial charge >= 0.3 is 0 Å². The smallest absolute Gasteiger partial charge is 0.257 e. The van der Waals surface area contributed by atoms with Crippen LogP contribution in [0.25, 0.3) is 5.69 Å². The van der Waals surface area contributed by atoms with E-state index in [0.29, 0.717) is 24.6 Å². The fraction of sp³-hybridized carbons (Fsp3) is 0.450. The first kappa shape index (κ1) is 19.6. The van der Waals surface area contributed by atoms with E-state index in [9.17, 15) is 13.2 Å². The molecule has 4 rings (SSSR count). The maximum absolute atomic E-state index is 14.3. The predicted octanol–water partition coefficient (Wildman–Crippen LogP) is 3.45. The molecule has 0 unspecified atom stereocenters. The fourth-order valence-electron chi connectivity index (χ4n) is 3.98. The van der Waals surface area contributed by atoms with Crippen LogP contribution < -0.4 is 0 Å². The van der Waals surface area contributed by atoms with Crippen molar-refractivity contribution in [1.29, 1.82) is 0 Å². The van der Waals surface area contributed by atoms with Crippen molar-refractivity contribution < 1.29 is 13.2 Å². The monoisotopic (exact) mass is 404 g/mol. The first-order valence-electron chi connectivity index (χ1n) is 9.50. The molecule has 0 fully saturated rings. The van der Waals surface area contributed by atoms with Crippen LogP contribution in [0.3, 0.4) is 0 Å². The lowest BCUT2D eigenvalue weighted by atomic mass is 9.87. The summed E-state index contributed by atoms with van der Waals surface area (Å²) in [6.07, 6.45) is 1.31. The first-order chi connectivity index (χ1) is 13.8. The molecule has 9 heteroatoms. The summed E-state index contributed by atoms with van der Waals surface area (Å²) in [6, 6.07) is 6.58. The minimum atomic E-state index is -2.48. The van der Waals surface area contributed by atoms with E-state index in [-0.39, 0.29) is 11.2 Å². The lowest BCUT2D eigenvalue weighted by Crippen LogP contribution is -2.33. The number of hydrogen-bond donors (Lipinski definition) is 0. The van der Waals surface area contributed by atoms with Gasteiger partial charge in [0.2, 0.25) is 0 Å². The Balaban J connectivity index is 1.64. The average Bonchev–Trinajstić information content (AvgIpc) is 3.18. The van der Waals surface area contributed by atoms with Gasteiger partial charge in [0.15, 0.2) is 0 Å². The summed E-state index contributed by atoms with van der Waals surface area (Å²) < 4.78 is 42.9. The van der Waals surface area contributed by atoms with E-state index in [1.165, 1.54) is 17.1 Å². The summed E-state index contributed by atoms with van der Waals surface area (Å²) >= 11 is 0. The van der Waals surface area contributed by atoms with Crippen molar-refractivity contribution >= 4 is 0 Å². The van der Waals surface area contributed by atoms with Gasteiger partial charge in [0.25, 0.3) is 6.43 Å². The van der Waals surface area contributed by atoms with Crippen molar-refractivity contribution in [3.63, 3.8) is 0 Å². The molecule has 2 aromatic heterocycles.